The smallest absolute Gasteiger partial charge is 0.274 e. The maximum absolute atomic E-state index is 11.5. The third kappa shape index (κ3) is 5.34. The van der Waals surface area contributed by atoms with Crippen molar-refractivity contribution in [2.24, 2.45) is 0 Å². The highest BCUT2D eigenvalue weighted by atomic mass is 16.5. The summed E-state index contributed by atoms with van der Waals surface area (Å²) in [6.45, 7) is 0.332. The number of nitrogens with zero attached hydrogens (tertiary/aromatic N) is 2. The molecule has 1 amide bonds. The quantitative estimate of drug-likeness (QED) is 0.330. The van der Waals surface area contributed by atoms with Crippen LogP contribution < -0.4 is 10.2 Å². The van der Waals surface area contributed by atoms with Gasteiger partial charge in [0.2, 0.25) is 11.7 Å². The average molecular weight is 415 g/mol. The van der Waals surface area contributed by atoms with Crippen LogP contribution in [0, 0.1) is 0 Å². The maximum Gasteiger partial charge on any atom is 0.274 e. The van der Waals surface area contributed by atoms with Crippen molar-refractivity contribution in [3.05, 3.63) is 101 Å². The minimum atomic E-state index is -0.585. The lowest BCUT2D eigenvalue weighted by Gasteiger charge is -2.08. The first-order valence-electron chi connectivity index (χ1n) is 9.84. The van der Waals surface area contributed by atoms with Crippen LogP contribution in [0.2, 0.25) is 0 Å². The van der Waals surface area contributed by atoms with E-state index in [0.717, 1.165) is 17.5 Å². The first kappa shape index (κ1) is 20.3. The van der Waals surface area contributed by atoms with Gasteiger partial charge in [-0.1, -0.05) is 65.8 Å². The van der Waals surface area contributed by atoms with Crippen molar-refractivity contribution in [1.29, 1.82) is 0 Å². The number of aromatic nitrogens is 2. The third-order valence-corrected chi connectivity index (χ3v) is 4.75. The molecule has 0 radical (unpaired) electrons. The van der Waals surface area contributed by atoms with Crippen LogP contribution in [0.4, 0.5) is 0 Å². The molecule has 0 aliphatic rings. The van der Waals surface area contributed by atoms with Gasteiger partial charge < -0.3 is 9.26 Å². The Morgan fingerprint density at radius 3 is 2.52 bits per heavy atom. The maximum atomic E-state index is 11.5. The molecule has 0 unspecified atom stereocenters. The van der Waals surface area contributed by atoms with E-state index in [1.54, 1.807) is 29.7 Å². The minimum Gasteiger partial charge on any atom is -0.489 e. The molecule has 2 N–H and O–H groups in total. The Morgan fingerprint density at radius 1 is 0.935 bits per heavy atom. The molecule has 0 bridgehead atoms. The zero-order chi connectivity index (χ0) is 21.5. The molecular weight excluding hydrogens is 394 g/mol. The lowest BCUT2D eigenvalue weighted by molar-refractivity contribution is 0.0706. The van der Waals surface area contributed by atoms with Crippen molar-refractivity contribution in [2.75, 3.05) is 0 Å². The number of benzene rings is 3. The van der Waals surface area contributed by atoms with Crippen LogP contribution in [0.25, 0.3) is 11.4 Å². The second-order valence-corrected chi connectivity index (χ2v) is 6.95. The summed E-state index contributed by atoms with van der Waals surface area (Å²) in [6.07, 6.45) is 1.54. The molecule has 31 heavy (non-hydrogen) atoms. The second kappa shape index (κ2) is 9.69. The molecule has 0 saturated carbocycles. The molecule has 4 rings (SSSR count). The Balaban J connectivity index is 1.34. The zero-order valence-corrected chi connectivity index (χ0v) is 16.7. The molecule has 7 heteroatoms. The lowest BCUT2D eigenvalue weighted by atomic mass is 10.1. The minimum absolute atomic E-state index is 0.315. The fourth-order valence-electron chi connectivity index (χ4n) is 3.08. The molecule has 0 aliphatic carbocycles. The average Bonchev–Trinajstić information content (AvgIpc) is 3.31. The monoisotopic (exact) mass is 415 g/mol. The number of ether oxygens (including phenoxy) is 1. The number of hydroxylamine groups is 1. The van der Waals surface area contributed by atoms with Crippen LogP contribution in [0.1, 0.15) is 27.4 Å². The summed E-state index contributed by atoms with van der Waals surface area (Å²) in [5.41, 5.74) is 4.97. The molecule has 4 aromatic rings. The summed E-state index contributed by atoms with van der Waals surface area (Å²) in [4.78, 5) is 16.0. The third-order valence-electron chi connectivity index (χ3n) is 4.75. The number of rotatable bonds is 8. The van der Waals surface area contributed by atoms with Gasteiger partial charge in [-0.3, -0.25) is 10.0 Å². The van der Waals surface area contributed by atoms with Crippen LogP contribution in [-0.2, 0) is 19.4 Å². The van der Waals surface area contributed by atoms with Gasteiger partial charge in [-0.2, -0.15) is 4.98 Å². The molecule has 0 atom stereocenters. The van der Waals surface area contributed by atoms with E-state index in [2.05, 4.69) is 22.3 Å². The summed E-state index contributed by atoms with van der Waals surface area (Å²) in [5.74, 6) is 1.11. The molecule has 0 saturated heterocycles. The lowest BCUT2D eigenvalue weighted by Crippen LogP contribution is -2.18. The number of aryl methyl sites for hydroxylation is 2. The van der Waals surface area contributed by atoms with E-state index in [9.17, 15) is 4.79 Å². The van der Waals surface area contributed by atoms with Crippen molar-refractivity contribution in [3.63, 3.8) is 0 Å². The van der Waals surface area contributed by atoms with Gasteiger partial charge >= 0.3 is 0 Å². The fraction of sp³-hybridized carbons (Fsp3) is 0.125. The topological polar surface area (TPSA) is 97.5 Å². The van der Waals surface area contributed by atoms with Crippen LogP contribution in [-0.4, -0.2) is 21.3 Å². The number of hydrogen-bond donors (Lipinski definition) is 2. The van der Waals surface area contributed by atoms with Crippen molar-refractivity contribution >= 4 is 5.91 Å². The number of carbonyl (C=O) groups excluding carboxylic acids is 1. The second-order valence-electron chi connectivity index (χ2n) is 6.95. The van der Waals surface area contributed by atoms with E-state index in [-0.39, 0.29) is 0 Å². The van der Waals surface area contributed by atoms with E-state index < -0.39 is 5.91 Å². The standard InChI is InChI=1S/C24H21N3O4/c28-24(26-29)20-7-4-8-21(15-20)30-16-18-9-12-19(13-10-18)23-25-22(31-27-23)14-11-17-5-2-1-3-6-17/h1-10,12-13,15,29H,11,14,16H2,(H,26,28). The van der Waals surface area contributed by atoms with Crippen molar-refractivity contribution in [2.45, 2.75) is 19.4 Å². The molecule has 0 fully saturated rings. The Kier molecular flexibility index (Phi) is 6.35. The summed E-state index contributed by atoms with van der Waals surface area (Å²) in [7, 11) is 0. The van der Waals surface area contributed by atoms with E-state index in [1.165, 1.54) is 5.56 Å². The van der Waals surface area contributed by atoms with Gasteiger partial charge in [0.05, 0.1) is 0 Å². The largest absolute Gasteiger partial charge is 0.489 e. The van der Waals surface area contributed by atoms with Crippen molar-refractivity contribution in [1.82, 2.24) is 15.6 Å². The summed E-state index contributed by atoms with van der Waals surface area (Å²) in [5, 5.41) is 12.8. The molecule has 0 spiro atoms. The van der Waals surface area contributed by atoms with E-state index in [1.807, 2.05) is 42.5 Å². The van der Waals surface area contributed by atoms with Crippen LogP contribution in [0.5, 0.6) is 5.75 Å². The Bertz CT molecular complexity index is 1140. The van der Waals surface area contributed by atoms with Crippen LogP contribution in [0.3, 0.4) is 0 Å². The van der Waals surface area contributed by atoms with Gasteiger partial charge in [0.15, 0.2) is 0 Å². The number of amides is 1. The summed E-state index contributed by atoms with van der Waals surface area (Å²) >= 11 is 0. The summed E-state index contributed by atoms with van der Waals surface area (Å²) < 4.78 is 11.1. The Labute approximate surface area is 179 Å². The molecule has 1 heterocycles. The van der Waals surface area contributed by atoms with Crippen LogP contribution in [0.15, 0.2) is 83.4 Å². The van der Waals surface area contributed by atoms with Gasteiger partial charge in [-0.05, 0) is 35.7 Å². The summed E-state index contributed by atoms with van der Waals surface area (Å²) in [6, 6.07) is 24.5. The van der Waals surface area contributed by atoms with Gasteiger partial charge in [-0.25, -0.2) is 5.48 Å². The van der Waals surface area contributed by atoms with Crippen molar-refractivity contribution < 1.29 is 19.3 Å². The normalized spacial score (nSPS) is 10.6. The van der Waals surface area contributed by atoms with Gasteiger partial charge in [-0.15, -0.1) is 0 Å². The van der Waals surface area contributed by atoms with Gasteiger partial charge in [0.25, 0.3) is 5.91 Å². The van der Waals surface area contributed by atoms with Crippen molar-refractivity contribution in [3.8, 4) is 17.1 Å². The SMILES string of the molecule is O=C(NO)c1cccc(OCc2ccc(-c3noc(CCc4ccccc4)n3)cc2)c1. The van der Waals surface area contributed by atoms with Gasteiger partial charge in [0, 0.05) is 17.5 Å². The molecule has 1 aromatic heterocycles. The molecule has 3 aromatic carbocycles. The predicted molar refractivity (Wildman–Crippen MR) is 114 cm³/mol. The Morgan fingerprint density at radius 2 is 1.74 bits per heavy atom. The fourth-order valence-corrected chi connectivity index (χ4v) is 3.08. The Hall–Kier alpha value is -3.97. The van der Waals surface area contributed by atoms with E-state index >= 15 is 0 Å². The molecule has 7 nitrogen and oxygen atoms in total. The number of nitrogens with one attached hydrogen (secondary N) is 1. The molecular formula is C24H21N3O4. The highest BCUT2D eigenvalue weighted by Crippen LogP contribution is 2.19. The highest BCUT2D eigenvalue weighted by molar-refractivity contribution is 5.93. The first-order valence-corrected chi connectivity index (χ1v) is 9.84. The number of carbonyl (C=O) groups is 1. The van der Waals surface area contributed by atoms with E-state index in [4.69, 9.17) is 14.5 Å². The van der Waals surface area contributed by atoms with Crippen LogP contribution >= 0.6 is 0 Å². The highest BCUT2D eigenvalue weighted by Gasteiger charge is 2.09. The molecule has 156 valence electrons. The van der Waals surface area contributed by atoms with E-state index in [0.29, 0.717) is 36.1 Å². The predicted octanol–water partition coefficient (Wildman–Crippen LogP) is 4.22. The zero-order valence-electron chi connectivity index (χ0n) is 16.7. The first-order chi connectivity index (χ1) is 15.2. The van der Waals surface area contributed by atoms with Gasteiger partial charge in [0.1, 0.15) is 12.4 Å². The molecule has 0 aliphatic heterocycles. The number of hydrogen-bond acceptors (Lipinski definition) is 6.